The first-order valence-electron chi connectivity index (χ1n) is 4.37. The molecule has 0 unspecified atom stereocenters. The fraction of sp³-hybridized carbons (Fsp3) is 0.300. The topological polar surface area (TPSA) is 76.0 Å². The molecule has 82 valence electrons. The van der Waals surface area contributed by atoms with Crippen molar-refractivity contribution in [3.8, 4) is 17.2 Å². The van der Waals surface area contributed by atoms with Gasteiger partial charge >= 0.3 is 5.97 Å². The van der Waals surface area contributed by atoms with Crippen LogP contribution in [0.4, 0.5) is 0 Å². The molecule has 1 rings (SSSR count). The van der Waals surface area contributed by atoms with E-state index in [9.17, 15) is 15.0 Å². The van der Waals surface area contributed by atoms with E-state index in [1.807, 2.05) is 0 Å². The number of benzene rings is 1. The van der Waals surface area contributed by atoms with E-state index in [1.165, 1.54) is 19.2 Å². The van der Waals surface area contributed by atoms with Crippen molar-refractivity contribution in [3.63, 3.8) is 0 Å². The summed E-state index contributed by atoms with van der Waals surface area (Å²) < 4.78 is 9.46. The highest BCUT2D eigenvalue weighted by Gasteiger charge is 2.18. The smallest absolute Gasteiger partial charge is 0.345 e. The second-order valence-corrected chi connectivity index (χ2v) is 2.76. The van der Waals surface area contributed by atoms with Gasteiger partial charge < -0.3 is 19.7 Å². The van der Waals surface area contributed by atoms with E-state index in [2.05, 4.69) is 4.74 Å². The lowest BCUT2D eigenvalue weighted by atomic mass is 10.1. The van der Waals surface area contributed by atoms with Gasteiger partial charge in [0.05, 0.1) is 13.7 Å². The molecule has 0 saturated heterocycles. The average Bonchev–Trinajstić information content (AvgIpc) is 2.16. The van der Waals surface area contributed by atoms with E-state index in [0.29, 0.717) is 0 Å². The van der Waals surface area contributed by atoms with E-state index >= 15 is 0 Å². The summed E-state index contributed by atoms with van der Waals surface area (Å²) in [4.78, 5) is 11.3. The predicted octanol–water partition coefficient (Wildman–Crippen LogP) is 1.28. The van der Waals surface area contributed by atoms with Crippen molar-refractivity contribution in [2.45, 2.75) is 6.92 Å². The summed E-state index contributed by atoms with van der Waals surface area (Å²) in [6.07, 6.45) is 0. The van der Waals surface area contributed by atoms with E-state index in [0.717, 1.165) is 0 Å². The highest BCUT2D eigenvalue weighted by atomic mass is 16.5. The second-order valence-electron chi connectivity index (χ2n) is 2.76. The van der Waals surface area contributed by atoms with Gasteiger partial charge in [0, 0.05) is 12.1 Å². The number of esters is 1. The fourth-order valence-corrected chi connectivity index (χ4v) is 1.12. The highest BCUT2D eigenvalue weighted by Crippen LogP contribution is 2.32. The van der Waals surface area contributed by atoms with E-state index in [1.54, 1.807) is 6.92 Å². The van der Waals surface area contributed by atoms with Gasteiger partial charge in [-0.05, 0) is 6.92 Å². The van der Waals surface area contributed by atoms with E-state index < -0.39 is 5.97 Å². The van der Waals surface area contributed by atoms with Crippen LogP contribution in [0.2, 0.25) is 0 Å². The normalized spacial score (nSPS) is 9.73. The van der Waals surface area contributed by atoms with Crippen LogP contribution in [0.5, 0.6) is 17.2 Å². The monoisotopic (exact) mass is 212 g/mol. The van der Waals surface area contributed by atoms with Gasteiger partial charge in [-0.3, -0.25) is 0 Å². The lowest BCUT2D eigenvalue weighted by Crippen LogP contribution is -2.05. The zero-order valence-electron chi connectivity index (χ0n) is 8.48. The number of hydrogen-bond donors (Lipinski definition) is 2. The summed E-state index contributed by atoms with van der Waals surface area (Å²) in [5.74, 6) is -1.25. The number of phenolic OH excluding ortho intramolecular Hbond substituents is 2. The summed E-state index contributed by atoms with van der Waals surface area (Å²) >= 11 is 0. The van der Waals surface area contributed by atoms with Crippen molar-refractivity contribution in [2.75, 3.05) is 13.7 Å². The first-order chi connectivity index (χ1) is 7.10. The Hall–Kier alpha value is -1.91. The van der Waals surface area contributed by atoms with E-state index in [-0.39, 0.29) is 29.4 Å². The number of aromatic hydroxyl groups is 2. The molecule has 0 radical (unpaired) electrons. The standard InChI is InChI=1S/C10H12O5/c1-3-15-10(13)9-7(11)4-6(14-2)5-8(9)12/h4-5,11-12H,3H2,1-2H3. The van der Waals surface area contributed by atoms with Gasteiger partial charge in [-0.15, -0.1) is 0 Å². The molecule has 0 bridgehead atoms. The first-order valence-corrected chi connectivity index (χ1v) is 4.37. The Bertz CT molecular complexity index is 349. The van der Waals surface area contributed by atoms with Gasteiger partial charge in [-0.1, -0.05) is 0 Å². The fourth-order valence-electron chi connectivity index (χ4n) is 1.12. The summed E-state index contributed by atoms with van der Waals surface area (Å²) in [6, 6.07) is 2.46. The molecule has 1 aromatic carbocycles. The molecule has 1 aromatic rings. The van der Waals surface area contributed by atoms with Crippen LogP contribution in [0.3, 0.4) is 0 Å². The molecule has 0 saturated carbocycles. The second kappa shape index (κ2) is 4.54. The zero-order chi connectivity index (χ0) is 11.4. The summed E-state index contributed by atoms with van der Waals surface area (Å²) in [7, 11) is 1.39. The van der Waals surface area contributed by atoms with Gasteiger partial charge in [0.15, 0.2) is 0 Å². The van der Waals surface area contributed by atoms with Crippen LogP contribution in [0, 0.1) is 0 Å². The average molecular weight is 212 g/mol. The Kier molecular flexibility index (Phi) is 3.38. The third kappa shape index (κ3) is 2.31. The minimum atomic E-state index is -0.768. The van der Waals surface area contributed by atoms with Gasteiger partial charge in [0.1, 0.15) is 22.8 Å². The SMILES string of the molecule is CCOC(=O)c1c(O)cc(OC)cc1O. The molecule has 0 aliphatic rings. The quantitative estimate of drug-likeness (QED) is 0.738. The van der Waals surface area contributed by atoms with Gasteiger partial charge in [0.2, 0.25) is 0 Å². The van der Waals surface area contributed by atoms with Crippen LogP contribution in [-0.4, -0.2) is 29.9 Å². The number of ether oxygens (including phenoxy) is 2. The number of phenols is 2. The Morgan fingerprint density at radius 3 is 2.27 bits per heavy atom. The van der Waals surface area contributed by atoms with Crippen molar-refractivity contribution in [1.82, 2.24) is 0 Å². The molecule has 0 amide bonds. The molecule has 0 fully saturated rings. The molecule has 0 spiro atoms. The molecule has 2 N–H and O–H groups in total. The van der Waals surface area contributed by atoms with Crippen LogP contribution in [0.25, 0.3) is 0 Å². The molecule has 0 aromatic heterocycles. The third-order valence-corrected chi connectivity index (χ3v) is 1.79. The maximum absolute atomic E-state index is 11.3. The Morgan fingerprint density at radius 2 is 1.87 bits per heavy atom. The molecule has 0 heterocycles. The first kappa shape index (κ1) is 11.2. The molecule has 0 aliphatic carbocycles. The predicted molar refractivity (Wildman–Crippen MR) is 52.3 cm³/mol. The zero-order valence-corrected chi connectivity index (χ0v) is 8.48. The summed E-state index contributed by atoms with van der Waals surface area (Å²) in [5.41, 5.74) is -0.252. The van der Waals surface area contributed by atoms with Gasteiger partial charge in [-0.25, -0.2) is 4.79 Å². The third-order valence-electron chi connectivity index (χ3n) is 1.79. The van der Waals surface area contributed by atoms with Crippen molar-refractivity contribution >= 4 is 5.97 Å². The van der Waals surface area contributed by atoms with Crippen LogP contribution in [-0.2, 0) is 4.74 Å². The number of rotatable bonds is 3. The molecule has 15 heavy (non-hydrogen) atoms. The molecular weight excluding hydrogens is 200 g/mol. The largest absolute Gasteiger partial charge is 0.507 e. The van der Waals surface area contributed by atoms with Gasteiger partial charge in [-0.2, -0.15) is 0 Å². The van der Waals surface area contributed by atoms with E-state index in [4.69, 9.17) is 4.74 Å². The lowest BCUT2D eigenvalue weighted by molar-refractivity contribution is 0.0519. The molecule has 5 heteroatoms. The lowest BCUT2D eigenvalue weighted by Gasteiger charge is -2.08. The molecule has 0 atom stereocenters. The maximum atomic E-state index is 11.3. The van der Waals surface area contributed by atoms with Crippen LogP contribution in [0.15, 0.2) is 12.1 Å². The minimum absolute atomic E-state index is 0.170. The molecule has 0 aliphatic heterocycles. The van der Waals surface area contributed by atoms with Crippen molar-refractivity contribution in [3.05, 3.63) is 17.7 Å². The summed E-state index contributed by atoms with van der Waals surface area (Å²) in [6.45, 7) is 1.80. The van der Waals surface area contributed by atoms with Crippen molar-refractivity contribution in [1.29, 1.82) is 0 Å². The maximum Gasteiger partial charge on any atom is 0.345 e. The number of methoxy groups -OCH3 is 1. The van der Waals surface area contributed by atoms with Crippen molar-refractivity contribution < 1.29 is 24.5 Å². The molecule has 5 nitrogen and oxygen atoms in total. The van der Waals surface area contributed by atoms with Gasteiger partial charge in [0.25, 0.3) is 0 Å². The number of carbonyl (C=O) groups excluding carboxylic acids is 1. The number of carbonyl (C=O) groups is 1. The van der Waals surface area contributed by atoms with Crippen LogP contribution in [0.1, 0.15) is 17.3 Å². The number of hydrogen-bond acceptors (Lipinski definition) is 5. The Labute approximate surface area is 86.9 Å². The minimum Gasteiger partial charge on any atom is -0.507 e. The Balaban J connectivity index is 3.13. The summed E-state index contributed by atoms with van der Waals surface area (Å²) in [5, 5.41) is 18.9. The Morgan fingerprint density at radius 1 is 1.33 bits per heavy atom. The molecular formula is C10H12O5. The van der Waals surface area contributed by atoms with Crippen LogP contribution < -0.4 is 4.74 Å². The van der Waals surface area contributed by atoms with Crippen molar-refractivity contribution in [2.24, 2.45) is 0 Å². The van der Waals surface area contributed by atoms with Crippen LogP contribution >= 0.6 is 0 Å². The highest BCUT2D eigenvalue weighted by molar-refractivity contribution is 5.95.